The molecule has 0 fully saturated rings. The van der Waals surface area contributed by atoms with Crippen molar-refractivity contribution in [1.82, 2.24) is 0 Å². The lowest BCUT2D eigenvalue weighted by Gasteiger charge is -2.21. The van der Waals surface area contributed by atoms with Crippen molar-refractivity contribution >= 4 is 0 Å². The Hall–Kier alpha value is -0.820. The molecular formula is C15H25N. The van der Waals surface area contributed by atoms with Crippen molar-refractivity contribution in [2.45, 2.75) is 41.0 Å². The molecule has 0 saturated carbocycles. The molecule has 0 aliphatic rings. The van der Waals surface area contributed by atoms with Gasteiger partial charge in [0.25, 0.3) is 0 Å². The molecule has 1 rings (SSSR count). The van der Waals surface area contributed by atoms with Gasteiger partial charge in [-0.3, -0.25) is 0 Å². The van der Waals surface area contributed by atoms with E-state index < -0.39 is 0 Å². The Labute approximate surface area is 100 Å². The molecule has 1 aromatic carbocycles. The molecule has 0 aliphatic heterocycles. The van der Waals surface area contributed by atoms with Gasteiger partial charge in [0.1, 0.15) is 0 Å². The third-order valence-corrected chi connectivity index (χ3v) is 3.71. The standard InChI is InChI=1S/C15H25N/c1-10-6-12(3)15(13(4)7-10)8-11(2)14(5)9-16/h6-7,11,14H,8-9,16H2,1-5H3. The third-order valence-electron chi connectivity index (χ3n) is 3.71. The fourth-order valence-corrected chi connectivity index (χ4v) is 2.29. The molecule has 1 heteroatoms. The van der Waals surface area contributed by atoms with Crippen LogP contribution in [0.2, 0.25) is 0 Å². The van der Waals surface area contributed by atoms with Crippen LogP contribution in [0.25, 0.3) is 0 Å². The number of hydrogen-bond donors (Lipinski definition) is 1. The fourth-order valence-electron chi connectivity index (χ4n) is 2.29. The number of nitrogens with two attached hydrogens (primary N) is 1. The number of aryl methyl sites for hydroxylation is 3. The maximum absolute atomic E-state index is 5.73. The molecule has 1 aromatic rings. The van der Waals surface area contributed by atoms with E-state index in [0.29, 0.717) is 11.8 Å². The smallest absolute Gasteiger partial charge is 0.00488 e. The highest BCUT2D eigenvalue weighted by Gasteiger charge is 2.14. The summed E-state index contributed by atoms with van der Waals surface area (Å²) < 4.78 is 0. The molecule has 0 saturated heterocycles. The van der Waals surface area contributed by atoms with Crippen LogP contribution in [0.3, 0.4) is 0 Å². The van der Waals surface area contributed by atoms with E-state index in [0.717, 1.165) is 13.0 Å². The maximum Gasteiger partial charge on any atom is -0.00488 e. The van der Waals surface area contributed by atoms with Crippen LogP contribution in [0, 0.1) is 32.6 Å². The first kappa shape index (κ1) is 13.2. The van der Waals surface area contributed by atoms with Gasteiger partial charge in [-0.15, -0.1) is 0 Å². The second kappa shape index (κ2) is 5.49. The van der Waals surface area contributed by atoms with Gasteiger partial charge in [-0.2, -0.15) is 0 Å². The van der Waals surface area contributed by atoms with Crippen molar-refractivity contribution < 1.29 is 0 Å². The second-order valence-electron chi connectivity index (χ2n) is 5.27. The lowest BCUT2D eigenvalue weighted by atomic mass is 9.86. The van der Waals surface area contributed by atoms with Crippen molar-refractivity contribution in [3.05, 3.63) is 34.4 Å². The molecule has 0 spiro atoms. The molecule has 2 atom stereocenters. The Balaban J connectivity index is 2.89. The van der Waals surface area contributed by atoms with Crippen molar-refractivity contribution in [2.24, 2.45) is 17.6 Å². The highest BCUT2D eigenvalue weighted by atomic mass is 14.5. The van der Waals surface area contributed by atoms with Crippen molar-refractivity contribution in [1.29, 1.82) is 0 Å². The molecule has 0 aromatic heterocycles. The minimum Gasteiger partial charge on any atom is -0.330 e. The molecule has 0 bridgehead atoms. The lowest BCUT2D eigenvalue weighted by molar-refractivity contribution is 0.393. The van der Waals surface area contributed by atoms with E-state index in [-0.39, 0.29) is 0 Å². The second-order valence-corrected chi connectivity index (χ2v) is 5.27. The lowest BCUT2D eigenvalue weighted by Crippen LogP contribution is -2.20. The van der Waals surface area contributed by atoms with Crippen molar-refractivity contribution in [3.63, 3.8) is 0 Å². The van der Waals surface area contributed by atoms with Gasteiger partial charge in [-0.05, 0) is 62.3 Å². The van der Waals surface area contributed by atoms with Gasteiger partial charge in [0.15, 0.2) is 0 Å². The summed E-state index contributed by atoms with van der Waals surface area (Å²) in [6.45, 7) is 11.9. The molecule has 90 valence electrons. The Morgan fingerprint density at radius 1 is 1.00 bits per heavy atom. The highest BCUT2D eigenvalue weighted by molar-refractivity contribution is 5.37. The Morgan fingerprint density at radius 2 is 1.50 bits per heavy atom. The minimum atomic E-state index is 0.597. The molecular weight excluding hydrogens is 194 g/mol. The minimum absolute atomic E-state index is 0.597. The van der Waals surface area contributed by atoms with Crippen LogP contribution >= 0.6 is 0 Å². The zero-order valence-electron chi connectivity index (χ0n) is 11.3. The summed E-state index contributed by atoms with van der Waals surface area (Å²) in [7, 11) is 0. The summed E-state index contributed by atoms with van der Waals surface area (Å²) in [5.74, 6) is 1.25. The Bertz CT molecular complexity index is 331. The molecule has 0 aliphatic carbocycles. The molecule has 0 radical (unpaired) electrons. The summed E-state index contributed by atoms with van der Waals surface area (Å²) in [6.07, 6.45) is 1.15. The van der Waals surface area contributed by atoms with E-state index in [1.807, 2.05) is 0 Å². The fraction of sp³-hybridized carbons (Fsp3) is 0.600. The number of rotatable bonds is 4. The molecule has 16 heavy (non-hydrogen) atoms. The average Bonchev–Trinajstić information content (AvgIpc) is 2.21. The molecule has 2 unspecified atom stereocenters. The Morgan fingerprint density at radius 3 is 1.94 bits per heavy atom. The van der Waals surface area contributed by atoms with Crippen LogP contribution in [-0.2, 0) is 6.42 Å². The third kappa shape index (κ3) is 3.08. The van der Waals surface area contributed by atoms with Crippen LogP contribution in [-0.4, -0.2) is 6.54 Å². The van der Waals surface area contributed by atoms with E-state index in [1.54, 1.807) is 0 Å². The monoisotopic (exact) mass is 219 g/mol. The van der Waals surface area contributed by atoms with Gasteiger partial charge >= 0.3 is 0 Å². The predicted octanol–water partition coefficient (Wildman–Crippen LogP) is 3.39. The van der Waals surface area contributed by atoms with Gasteiger partial charge in [0, 0.05) is 0 Å². The molecule has 2 N–H and O–H groups in total. The van der Waals surface area contributed by atoms with Gasteiger partial charge < -0.3 is 5.73 Å². The molecule has 0 heterocycles. The van der Waals surface area contributed by atoms with Crippen molar-refractivity contribution in [2.75, 3.05) is 6.54 Å². The maximum atomic E-state index is 5.73. The Kier molecular flexibility index (Phi) is 4.55. The van der Waals surface area contributed by atoms with Crippen LogP contribution in [0.5, 0.6) is 0 Å². The topological polar surface area (TPSA) is 26.0 Å². The summed E-state index contributed by atoms with van der Waals surface area (Å²) in [5.41, 5.74) is 11.4. The summed E-state index contributed by atoms with van der Waals surface area (Å²) in [6, 6.07) is 4.56. The van der Waals surface area contributed by atoms with Crippen LogP contribution < -0.4 is 5.73 Å². The SMILES string of the molecule is Cc1cc(C)c(CC(C)C(C)CN)c(C)c1. The first-order valence-corrected chi connectivity index (χ1v) is 6.22. The van der Waals surface area contributed by atoms with Crippen molar-refractivity contribution in [3.8, 4) is 0 Å². The van der Waals surface area contributed by atoms with Gasteiger partial charge in [-0.1, -0.05) is 31.5 Å². The van der Waals surface area contributed by atoms with E-state index in [4.69, 9.17) is 5.73 Å². The highest BCUT2D eigenvalue weighted by Crippen LogP contribution is 2.23. The van der Waals surface area contributed by atoms with Crippen LogP contribution in [0.1, 0.15) is 36.1 Å². The normalized spacial score (nSPS) is 14.9. The molecule has 0 amide bonds. The van der Waals surface area contributed by atoms with Crippen LogP contribution in [0.4, 0.5) is 0 Å². The van der Waals surface area contributed by atoms with E-state index in [9.17, 15) is 0 Å². The predicted molar refractivity (Wildman–Crippen MR) is 71.7 cm³/mol. The van der Waals surface area contributed by atoms with E-state index in [2.05, 4.69) is 46.8 Å². The van der Waals surface area contributed by atoms with Gasteiger partial charge in [0.05, 0.1) is 0 Å². The van der Waals surface area contributed by atoms with E-state index >= 15 is 0 Å². The molecule has 1 nitrogen and oxygen atoms in total. The number of hydrogen-bond acceptors (Lipinski definition) is 1. The quantitative estimate of drug-likeness (QED) is 0.825. The average molecular weight is 219 g/mol. The van der Waals surface area contributed by atoms with Crippen LogP contribution in [0.15, 0.2) is 12.1 Å². The summed E-state index contributed by atoms with van der Waals surface area (Å²) >= 11 is 0. The largest absolute Gasteiger partial charge is 0.330 e. The summed E-state index contributed by atoms with van der Waals surface area (Å²) in [5, 5.41) is 0. The number of benzene rings is 1. The zero-order chi connectivity index (χ0) is 12.3. The first-order valence-electron chi connectivity index (χ1n) is 6.22. The zero-order valence-corrected chi connectivity index (χ0v) is 11.3. The van der Waals surface area contributed by atoms with Gasteiger partial charge in [-0.25, -0.2) is 0 Å². The summed E-state index contributed by atoms with van der Waals surface area (Å²) in [4.78, 5) is 0. The van der Waals surface area contributed by atoms with Gasteiger partial charge in [0.2, 0.25) is 0 Å². The van der Waals surface area contributed by atoms with E-state index in [1.165, 1.54) is 22.3 Å². The first-order chi connectivity index (χ1) is 7.45.